The maximum absolute atomic E-state index is 13.5. The number of hydrogen-bond donors (Lipinski definition) is 2. The molecule has 6 heteroatoms. The Balaban J connectivity index is 1.44. The summed E-state index contributed by atoms with van der Waals surface area (Å²) in [6, 6.07) is 13.2. The van der Waals surface area contributed by atoms with Gasteiger partial charge < -0.3 is 19.9 Å². The number of benzene rings is 2. The quantitative estimate of drug-likeness (QED) is 0.686. The molecule has 1 aliphatic rings. The van der Waals surface area contributed by atoms with Gasteiger partial charge in [-0.1, -0.05) is 18.2 Å². The molecule has 2 aromatic rings. The second-order valence-electron chi connectivity index (χ2n) is 7.13. The molecule has 150 valence electrons. The molecule has 2 atom stereocenters. The van der Waals surface area contributed by atoms with E-state index in [1.807, 2.05) is 24.3 Å². The van der Waals surface area contributed by atoms with Crippen molar-refractivity contribution >= 4 is 5.97 Å². The third kappa shape index (κ3) is 5.45. The SMILES string of the molecule is COc1cc(CCN[C@H]2CC[C@@H](c3ccc(OCC(=O)O)cc3)C2)ccc1F. The van der Waals surface area contributed by atoms with Gasteiger partial charge in [0.1, 0.15) is 5.75 Å². The highest BCUT2D eigenvalue weighted by Crippen LogP contribution is 2.35. The van der Waals surface area contributed by atoms with Gasteiger partial charge in [-0.25, -0.2) is 9.18 Å². The molecule has 0 amide bonds. The number of hydrogen-bond acceptors (Lipinski definition) is 4. The predicted molar refractivity (Wildman–Crippen MR) is 105 cm³/mol. The minimum atomic E-state index is -0.979. The molecule has 5 nitrogen and oxygen atoms in total. The van der Waals surface area contributed by atoms with Gasteiger partial charge >= 0.3 is 5.97 Å². The molecule has 0 saturated heterocycles. The number of halogens is 1. The topological polar surface area (TPSA) is 67.8 Å². The van der Waals surface area contributed by atoms with Crippen LogP contribution in [-0.2, 0) is 11.2 Å². The molecule has 0 spiro atoms. The Morgan fingerprint density at radius 2 is 2.00 bits per heavy atom. The lowest BCUT2D eigenvalue weighted by Gasteiger charge is -2.14. The highest BCUT2D eigenvalue weighted by atomic mass is 19.1. The summed E-state index contributed by atoms with van der Waals surface area (Å²) in [6.07, 6.45) is 4.14. The smallest absolute Gasteiger partial charge is 0.341 e. The molecule has 2 aromatic carbocycles. The second-order valence-corrected chi connectivity index (χ2v) is 7.13. The summed E-state index contributed by atoms with van der Waals surface area (Å²) >= 11 is 0. The van der Waals surface area contributed by atoms with E-state index in [0.29, 0.717) is 17.7 Å². The summed E-state index contributed by atoms with van der Waals surface area (Å²) in [5.74, 6) is 0.0461. The summed E-state index contributed by atoms with van der Waals surface area (Å²) in [7, 11) is 1.48. The number of nitrogens with one attached hydrogen (secondary N) is 1. The van der Waals surface area contributed by atoms with E-state index in [1.165, 1.54) is 18.7 Å². The number of carboxylic acids is 1. The molecule has 0 radical (unpaired) electrons. The fraction of sp³-hybridized carbons (Fsp3) is 0.409. The molecule has 1 saturated carbocycles. The average Bonchev–Trinajstić information content (AvgIpc) is 3.17. The predicted octanol–water partition coefficient (Wildman–Crippen LogP) is 3.77. The number of ether oxygens (including phenoxy) is 2. The van der Waals surface area contributed by atoms with Crippen molar-refractivity contribution < 1.29 is 23.8 Å². The third-order valence-electron chi connectivity index (χ3n) is 5.21. The van der Waals surface area contributed by atoms with E-state index >= 15 is 0 Å². The van der Waals surface area contributed by atoms with Crippen LogP contribution in [0.4, 0.5) is 4.39 Å². The molecule has 0 unspecified atom stereocenters. The highest BCUT2D eigenvalue weighted by molar-refractivity contribution is 5.68. The molecular weight excluding hydrogens is 361 g/mol. The van der Waals surface area contributed by atoms with Crippen molar-refractivity contribution in [2.24, 2.45) is 0 Å². The van der Waals surface area contributed by atoms with Gasteiger partial charge in [0.05, 0.1) is 7.11 Å². The van der Waals surface area contributed by atoms with Crippen molar-refractivity contribution in [3.05, 3.63) is 59.4 Å². The van der Waals surface area contributed by atoms with Crippen LogP contribution in [-0.4, -0.2) is 37.4 Å². The van der Waals surface area contributed by atoms with Gasteiger partial charge in [-0.15, -0.1) is 0 Å². The first-order valence-electron chi connectivity index (χ1n) is 9.55. The summed E-state index contributed by atoms with van der Waals surface area (Å²) < 4.78 is 23.7. The van der Waals surface area contributed by atoms with Gasteiger partial charge in [0.15, 0.2) is 18.2 Å². The number of aliphatic carboxylic acids is 1. The minimum Gasteiger partial charge on any atom is -0.494 e. The highest BCUT2D eigenvalue weighted by Gasteiger charge is 2.25. The van der Waals surface area contributed by atoms with E-state index in [-0.39, 0.29) is 18.2 Å². The lowest BCUT2D eigenvalue weighted by atomic mass is 9.97. The van der Waals surface area contributed by atoms with Gasteiger partial charge in [-0.3, -0.25) is 0 Å². The Hall–Kier alpha value is -2.60. The van der Waals surface area contributed by atoms with Gasteiger partial charge in [0, 0.05) is 6.04 Å². The molecule has 1 aliphatic carbocycles. The molecule has 0 aromatic heterocycles. The van der Waals surface area contributed by atoms with Crippen LogP contribution in [0.5, 0.6) is 11.5 Å². The van der Waals surface area contributed by atoms with Crippen LogP contribution in [0.1, 0.15) is 36.3 Å². The molecule has 1 fully saturated rings. The van der Waals surface area contributed by atoms with Crippen LogP contribution in [0.25, 0.3) is 0 Å². The summed E-state index contributed by atoms with van der Waals surface area (Å²) in [5.41, 5.74) is 2.31. The largest absolute Gasteiger partial charge is 0.494 e. The molecule has 28 heavy (non-hydrogen) atoms. The zero-order valence-corrected chi connectivity index (χ0v) is 16.0. The fourth-order valence-corrected chi connectivity index (χ4v) is 3.73. The van der Waals surface area contributed by atoms with Crippen LogP contribution in [0.15, 0.2) is 42.5 Å². The van der Waals surface area contributed by atoms with Crippen molar-refractivity contribution in [2.75, 3.05) is 20.3 Å². The Bertz CT molecular complexity index is 794. The second kappa shape index (κ2) is 9.55. The standard InChI is InChI=1S/C22H26FNO4/c1-27-21-12-15(2-9-20(21)23)10-11-24-18-6-3-17(13-18)16-4-7-19(8-5-16)28-14-22(25)26/h2,4-5,7-9,12,17-18,24H,3,6,10-11,13-14H2,1H3,(H,25,26)/t17-,18+/m1/s1. The molecule has 0 heterocycles. The Labute approximate surface area is 164 Å². The van der Waals surface area contributed by atoms with Gasteiger partial charge in [-0.05, 0) is 73.5 Å². The number of carboxylic acid groups (broad SMARTS) is 1. The molecule has 2 N–H and O–H groups in total. The maximum atomic E-state index is 13.5. The normalized spacial score (nSPS) is 18.8. The maximum Gasteiger partial charge on any atom is 0.341 e. The summed E-state index contributed by atoms with van der Waals surface area (Å²) in [5, 5.41) is 12.3. The third-order valence-corrected chi connectivity index (χ3v) is 5.21. The Morgan fingerprint density at radius 3 is 2.71 bits per heavy atom. The molecular formula is C22H26FNO4. The fourth-order valence-electron chi connectivity index (χ4n) is 3.73. The van der Waals surface area contributed by atoms with E-state index in [2.05, 4.69) is 5.32 Å². The van der Waals surface area contributed by atoms with Crippen LogP contribution >= 0.6 is 0 Å². The van der Waals surface area contributed by atoms with E-state index in [9.17, 15) is 9.18 Å². The minimum absolute atomic E-state index is 0.286. The van der Waals surface area contributed by atoms with Gasteiger partial charge in [0.2, 0.25) is 0 Å². The van der Waals surface area contributed by atoms with Crippen LogP contribution in [0, 0.1) is 5.82 Å². The van der Waals surface area contributed by atoms with E-state index in [1.54, 1.807) is 12.1 Å². The van der Waals surface area contributed by atoms with Crippen molar-refractivity contribution in [1.82, 2.24) is 5.32 Å². The first-order valence-corrected chi connectivity index (χ1v) is 9.55. The Kier molecular flexibility index (Phi) is 6.87. The van der Waals surface area contributed by atoms with Gasteiger partial charge in [0.25, 0.3) is 0 Å². The zero-order valence-electron chi connectivity index (χ0n) is 16.0. The zero-order chi connectivity index (χ0) is 19.9. The van der Waals surface area contributed by atoms with E-state index < -0.39 is 5.97 Å². The molecule has 3 rings (SSSR count). The first-order chi connectivity index (χ1) is 13.5. The summed E-state index contributed by atoms with van der Waals surface area (Å²) in [6.45, 7) is 0.517. The van der Waals surface area contributed by atoms with Crippen molar-refractivity contribution in [3.63, 3.8) is 0 Å². The van der Waals surface area contributed by atoms with Crippen LogP contribution in [0.3, 0.4) is 0 Å². The van der Waals surface area contributed by atoms with Crippen LogP contribution in [0.2, 0.25) is 0 Å². The summed E-state index contributed by atoms with van der Waals surface area (Å²) in [4.78, 5) is 10.6. The molecule has 0 bridgehead atoms. The number of carbonyl (C=O) groups is 1. The average molecular weight is 387 g/mol. The molecule has 0 aliphatic heterocycles. The first kappa shape index (κ1) is 20.1. The Morgan fingerprint density at radius 1 is 1.21 bits per heavy atom. The van der Waals surface area contributed by atoms with Crippen molar-refractivity contribution in [3.8, 4) is 11.5 Å². The number of methoxy groups -OCH3 is 1. The van der Waals surface area contributed by atoms with E-state index in [4.69, 9.17) is 14.6 Å². The number of rotatable bonds is 9. The van der Waals surface area contributed by atoms with Crippen molar-refractivity contribution in [1.29, 1.82) is 0 Å². The van der Waals surface area contributed by atoms with E-state index in [0.717, 1.165) is 37.8 Å². The van der Waals surface area contributed by atoms with Crippen LogP contribution < -0.4 is 14.8 Å². The lowest BCUT2D eigenvalue weighted by molar-refractivity contribution is -0.139. The van der Waals surface area contributed by atoms with Gasteiger partial charge in [-0.2, -0.15) is 0 Å². The lowest BCUT2D eigenvalue weighted by Crippen LogP contribution is -2.28. The monoisotopic (exact) mass is 387 g/mol. The van der Waals surface area contributed by atoms with Crippen molar-refractivity contribution in [2.45, 2.75) is 37.6 Å².